The third-order valence-electron chi connectivity index (χ3n) is 16.9. The van der Waals surface area contributed by atoms with Crippen LogP contribution in [0.5, 0.6) is 34.5 Å². The summed E-state index contributed by atoms with van der Waals surface area (Å²) in [6, 6.07) is 17.4. The lowest BCUT2D eigenvalue weighted by molar-refractivity contribution is -0.117. The Labute approximate surface area is 532 Å². The number of ketones is 1. The molecule has 0 spiro atoms. The second-order valence-corrected chi connectivity index (χ2v) is 23.9. The van der Waals surface area contributed by atoms with Crippen molar-refractivity contribution >= 4 is 72.4 Å². The Hall–Kier alpha value is -8.95. The molecular formula is C64H75BrF2N16O8. The summed E-state index contributed by atoms with van der Waals surface area (Å²) in [7, 11) is 9.32. The van der Waals surface area contributed by atoms with E-state index in [4.69, 9.17) is 58.6 Å². The van der Waals surface area contributed by atoms with E-state index in [0.29, 0.717) is 99.9 Å². The monoisotopic (exact) mass is 1310 g/mol. The van der Waals surface area contributed by atoms with E-state index >= 15 is 0 Å². The molecule has 6 aromatic heterocycles. The van der Waals surface area contributed by atoms with E-state index in [0.717, 1.165) is 98.2 Å². The fourth-order valence-electron chi connectivity index (χ4n) is 11.7. The number of halogens is 3. The van der Waals surface area contributed by atoms with Crippen LogP contribution in [0.1, 0.15) is 106 Å². The van der Waals surface area contributed by atoms with Crippen molar-refractivity contribution in [3.8, 4) is 34.5 Å². The van der Waals surface area contributed by atoms with E-state index in [1.54, 1.807) is 62.7 Å². The van der Waals surface area contributed by atoms with Gasteiger partial charge in [-0.05, 0) is 118 Å². The van der Waals surface area contributed by atoms with Crippen molar-refractivity contribution in [2.45, 2.75) is 108 Å². The van der Waals surface area contributed by atoms with E-state index < -0.39 is 17.2 Å². The molecule has 2 aliphatic heterocycles. The molecule has 4 atom stereocenters. The van der Waals surface area contributed by atoms with E-state index in [1.807, 2.05) is 71.3 Å². The number of anilines is 3. The number of rotatable bonds is 20. The normalized spacial score (nSPS) is 18.0. The Morgan fingerprint density at radius 3 is 1.76 bits per heavy atom. The Morgan fingerprint density at radius 2 is 1.27 bits per heavy atom. The summed E-state index contributed by atoms with van der Waals surface area (Å²) in [5, 5.41) is 39.4. The number of aromatic nitrogens is 12. The average molecular weight is 1310 g/mol. The highest BCUT2D eigenvalue weighted by molar-refractivity contribution is 9.10. The van der Waals surface area contributed by atoms with Crippen LogP contribution in [0.3, 0.4) is 0 Å². The number of carbonyl (C=O) groups excluding carboxylic acids is 1. The summed E-state index contributed by atoms with van der Waals surface area (Å²) >= 11 is 3.33. The van der Waals surface area contributed by atoms with Gasteiger partial charge in [0.1, 0.15) is 28.8 Å². The third-order valence-corrected chi connectivity index (χ3v) is 17.3. The number of ether oxygens (including phenoxy) is 6. The maximum atomic E-state index is 14.9. The quantitative estimate of drug-likeness (QED) is 0.0553. The first-order chi connectivity index (χ1) is 44.1. The number of carbonyl (C=O) groups is 1. The van der Waals surface area contributed by atoms with Crippen LogP contribution in [-0.4, -0.2) is 144 Å². The second kappa shape index (κ2) is 28.1. The maximum absolute atomic E-state index is 14.9. The highest BCUT2D eigenvalue weighted by Crippen LogP contribution is 2.42. The molecule has 0 amide bonds. The average Bonchev–Trinajstić information content (AvgIpc) is 1.88. The van der Waals surface area contributed by atoms with Crippen LogP contribution in [0.15, 0.2) is 89.9 Å². The molecule has 2 saturated heterocycles. The third kappa shape index (κ3) is 14.2. The van der Waals surface area contributed by atoms with Crippen LogP contribution < -0.4 is 49.3 Å². The van der Waals surface area contributed by atoms with Gasteiger partial charge in [-0.2, -0.15) is 19.2 Å². The molecule has 1 aliphatic carbocycles. The van der Waals surface area contributed by atoms with Crippen LogP contribution in [0.4, 0.5) is 26.4 Å². The second-order valence-electron chi connectivity index (χ2n) is 23.0. The lowest BCUT2D eigenvalue weighted by Crippen LogP contribution is -2.45. The van der Waals surface area contributed by atoms with Crippen molar-refractivity contribution in [2.75, 3.05) is 84.4 Å². The van der Waals surface area contributed by atoms with Gasteiger partial charge in [0.2, 0.25) is 11.9 Å². The van der Waals surface area contributed by atoms with Gasteiger partial charge in [0.15, 0.2) is 46.1 Å². The van der Waals surface area contributed by atoms with Crippen molar-refractivity contribution < 1.29 is 47.1 Å². The molecule has 3 fully saturated rings. The number of hydrogen-bond donors (Lipinski definition) is 4. The first kappa shape index (κ1) is 63.6. The number of Topliss-reactive ketones (excluding diaryl/α,β-unsaturated/α-hetero) is 1. The van der Waals surface area contributed by atoms with E-state index in [-0.39, 0.29) is 35.2 Å². The van der Waals surface area contributed by atoms with Crippen molar-refractivity contribution in [1.29, 1.82) is 0 Å². The molecule has 480 valence electrons. The van der Waals surface area contributed by atoms with Gasteiger partial charge in [0.05, 0.1) is 87.9 Å². The molecule has 10 aromatic rings. The number of nitrogens with zero attached hydrogens (tertiary/aromatic N) is 13. The highest BCUT2D eigenvalue weighted by atomic mass is 79.9. The molecule has 24 nitrogen and oxygen atoms in total. The molecular weight excluding hydrogens is 1240 g/mol. The van der Waals surface area contributed by atoms with Crippen LogP contribution in [0.2, 0.25) is 0 Å². The van der Waals surface area contributed by atoms with Crippen molar-refractivity contribution in [2.24, 2.45) is 0 Å². The molecule has 0 radical (unpaired) electrons. The van der Waals surface area contributed by atoms with E-state index in [9.17, 15) is 18.7 Å². The summed E-state index contributed by atoms with van der Waals surface area (Å²) in [6.45, 7) is 8.41. The zero-order valence-corrected chi connectivity index (χ0v) is 53.8. The molecule has 13 rings (SSSR count). The first-order valence-electron chi connectivity index (χ1n) is 30.2. The summed E-state index contributed by atoms with van der Waals surface area (Å²) in [6.07, 6.45) is 14.7. The number of aryl methyl sites for hydroxylation is 1. The van der Waals surface area contributed by atoms with Gasteiger partial charge in [0.25, 0.3) is 0 Å². The Kier molecular flexibility index (Phi) is 19.6. The predicted molar refractivity (Wildman–Crippen MR) is 343 cm³/mol. The molecule has 4 aromatic carbocycles. The zero-order chi connectivity index (χ0) is 63.9. The Balaban J connectivity index is 0.000000161. The topological polar surface area (TPSA) is 254 Å². The lowest BCUT2D eigenvalue weighted by Gasteiger charge is -2.42. The first-order valence-corrected chi connectivity index (χ1v) is 31.0. The lowest BCUT2D eigenvalue weighted by atomic mass is 9.76. The van der Waals surface area contributed by atoms with Crippen LogP contribution in [0.25, 0.3) is 33.1 Å². The largest absolute Gasteiger partial charge is 0.497 e. The summed E-state index contributed by atoms with van der Waals surface area (Å²) in [5.74, 6) is 4.82. The number of piperidine rings is 2. The number of methoxy groups -OCH3 is 6. The number of nitrogens with one attached hydrogen (secondary N) is 3. The van der Waals surface area contributed by atoms with Gasteiger partial charge in [-0.25, -0.2) is 28.7 Å². The van der Waals surface area contributed by atoms with Crippen LogP contribution in [0, 0.1) is 11.6 Å². The number of hydrogen-bond acceptors (Lipinski definition) is 20. The van der Waals surface area contributed by atoms with Gasteiger partial charge in [-0.15, -0.1) is 10.2 Å². The predicted octanol–water partition coefficient (Wildman–Crippen LogP) is 10.3. The summed E-state index contributed by atoms with van der Waals surface area (Å²) < 4.78 is 69.6. The zero-order valence-electron chi connectivity index (χ0n) is 52.2. The molecule has 1 saturated carbocycles. The summed E-state index contributed by atoms with van der Waals surface area (Å²) in [4.78, 5) is 32.9. The van der Waals surface area contributed by atoms with Gasteiger partial charge in [-0.3, -0.25) is 9.36 Å². The fraction of sp³-hybridized carbons (Fsp3) is 0.422. The van der Waals surface area contributed by atoms with Crippen LogP contribution >= 0.6 is 15.9 Å². The van der Waals surface area contributed by atoms with Gasteiger partial charge < -0.3 is 59.2 Å². The fourth-order valence-corrected chi connectivity index (χ4v) is 12.0. The summed E-state index contributed by atoms with van der Waals surface area (Å²) in [5.41, 5.74) is 4.45. The SMILES string of the molecule is CC1(O)CCC1n1cc(Br)cn1.COc1ccc(CNc2nc3cc(OC)c(F)cc3c3nc([C@@H]4CCCN(c5cnn(CCCC(C)=O)c5)C4)nn23)c(OC)c1.COc1ccc(CNc2nc3cc(OC)c(F)cc3c3nc([C@@H]4CCCNC4)nn23)c(OC)c1. The van der Waals surface area contributed by atoms with E-state index in [1.165, 1.54) is 26.4 Å². The Morgan fingerprint density at radius 1 is 0.703 bits per heavy atom. The number of aliphatic hydroxyl groups is 1. The smallest absolute Gasteiger partial charge is 0.226 e. The Bertz CT molecular complexity index is 4210. The van der Waals surface area contributed by atoms with Crippen molar-refractivity contribution in [3.05, 3.63) is 124 Å². The standard InChI is InChI=1S/C32H37FN8O4.C24H27FN6O3.C8H11BrN2O/c1-20(42)7-5-12-40-19-23(17-35-40)39-11-6-8-22(18-39)30-37-31-25-14-26(33)29(45-4)15-27(25)36-32(41(31)38-30)34-16-21-9-10-24(43-2)13-28(21)44-3;1-32-16-7-6-14(20(9-16)33-2)13-27-24-28-19-11-21(34-3)18(25)10-17(19)23-29-22(30-31(23)24)15-5-4-8-26-12-15;1-8(12)3-2-7(8)11-5-6(9)4-10-11/h9-10,13-15,17,19,22H,5-8,11-12,16,18H2,1-4H3,(H,34,36);6-7,9-11,15,26H,4-5,8,12-13H2,1-3H3,(H,27,28);4-5,7,12H,2-3H2,1H3/t22-;15-;/m11./s1. The molecule has 91 heavy (non-hydrogen) atoms. The highest BCUT2D eigenvalue weighted by Gasteiger charge is 2.42. The van der Waals surface area contributed by atoms with Crippen molar-refractivity contribution in [1.82, 2.24) is 64.0 Å². The van der Waals surface area contributed by atoms with Gasteiger partial charge >= 0.3 is 0 Å². The van der Waals surface area contributed by atoms with Crippen molar-refractivity contribution in [3.63, 3.8) is 0 Å². The molecule has 27 heteroatoms. The maximum Gasteiger partial charge on any atom is 0.226 e. The molecule has 8 heterocycles. The van der Waals surface area contributed by atoms with E-state index in [2.05, 4.69) is 47.0 Å². The van der Waals surface area contributed by atoms with Crippen LogP contribution in [-0.2, 0) is 24.4 Å². The molecule has 0 bridgehead atoms. The minimum absolute atomic E-state index is 0.0485. The van der Waals surface area contributed by atoms with Gasteiger partial charge in [-0.1, -0.05) is 0 Å². The van der Waals surface area contributed by atoms with Gasteiger partial charge in [0, 0.05) is 116 Å². The molecule has 2 unspecified atom stereocenters. The molecule has 3 aliphatic rings. The minimum Gasteiger partial charge on any atom is -0.497 e. The molecule has 4 N–H and O–H groups in total. The minimum atomic E-state index is -0.564. The number of fused-ring (bicyclic) bond motifs is 6. The number of benzene rings is 4.